The highest BCUT2D eigenvalue weighted by Crippen LogP contribution is 2.23. The summed E-state index contributed by atoms with van der Waals surface area (Å²) < 4.78 is 5.25. The zero-order valence-electron chi connectivity index (χ0n) is 17.0. The van der Waals surface area contributed by atoms with Crippen molar-refractivity contribution in [2.24, 2.45) is 0 Å². The summed E-state index contributed by atoms with van der Waals surface area (Å²) in [5.74, 6) is -0.239. The molecule has 0 atom stereocenters. The van der Waals surface area contributed by atoms with Crippen LogP contribution in [0.4, 0.5) is 5.69 Å². The molecule has 31 heavy (non-hydrogen) atoms. The third-order valence-corrected chi connectivity index (χ3v) is 6.00. The molecule has 3 aromatic heterocycles. The Bertz CT molecular complexity index is 1410. The number of para-hydroxylation sites is 2. The van der Waals surface area contributed by atoms with E-state index in [1.165, 1.54) is 4.57 Å². The highest BCUT2D eigenvalue weighted by molar-refractivity contribution is 7.15. The zero-order valence-corrected chi connectivity index (χ0v) is 17.8. The number of fused-ring (bicyclic) bond motifs is 2. The van der Waals surface area contributed by atoms with Gasteiger partial charge >= 0.3 is 5.69 Å². The Labute approximate surface area is 182 Å². The number of amides is 1. The number of carbonyl (C=O) groups is 1. The molecule has 0 saturated heterocycles. The molecule has 0 fully saturated rings. The minimum atomic E-state index is -0.239. The molecule has 2 aromatic carbocycles. The van der Waals surface area contributed by atoms with E-state index in [0.717, 1.165) is 33.7 Å². The first-order valence-corrected chi connectivity index (χ1v) is 11.0. The Kier molecular flexibility index (Phi) is 4.91. The van der Waals surface area contributed by atoms with Crippen LogP contribution in [0.2, 0.25) is 0 Å². The molecular formula is C23H21N5O2S. The minimum absolute atomic E-state index is 0.0326. The van der Waals surface area contributed by atoms with Gasteiger partial charge in [0, 0.05) is 35.6 Å². The Morgan fingerprint density at radius 3 is 2.52 bits per heavy atom. The van der Waals surface area contributed by atoms with E-state index in [1.807, 2.05) is 77.6 Å². The van der Waals surface area contributed by atoms with Gasteiger partial charge in [-0.3, -0.25) is 18.3 Å². The summed E-state index contributed by atoms with van der Waals surface area (Å²) in [5.41, 5.74) is 4.01. The fourth-order valence-corrected chi connectivity index (χ4v) is 4.50. The summed E-state index contributed by atoms with van der Waals surface area (Å²) in [4.78, 5) is 31.1. The predicted molar refractivity (Wildman–Crippen MR) is 124 cm³/mol. The van der Waals surface area contributed by atoms with Gasteiger partial charge in [-0.25, -0.2) is 9.78 Å². The van der Waals surface area contributed by atoms with Crippen molar-refractivity contribution in [2.45, 2.75) is 26.4 Å². The van der Waals surface area contributed by atoms with E-state index in [1.54, 1.807) is 15.9 Å². The zero-order chi connectivity index (χ0) is 21.4. The van der Waals surface area contributed by atoms with E-state index in [2.05, 4.69) is 10.3 Å². The number of aryl methyl sites for hydroxylation is 1. The number of anilines is 1. The molecule has 0 unspecified atom stereocenters. The average molecular weight is 432 g/mol. The molecular weight excluding hydrogens is 410 g/mol. The SMILES string of the molecule is CCCn1c(=O)n(CC(=O)Nc2ccc(-c3cn4ccsc4n3)cc2)c2ccccc21. The fraction of sp³-hybridized carbons (Fsp3) is 0.174. The third kappa shape index (κ3) is 3.55. The molecule has 0 bridgehead atoms. The monoisotopic (exact) mass is 431 g/mol. The van der Waals surface area contributed by atoms with E-state index in [9.17, 15) is 9.59 Å². The summed E-state index contributed by atoms with van der Waals surface area (Å²) in [7, 11) is 0. The van der Waals surface area contributed by atoms with Crippen molar-refractivity contribution in [1.82, 2.24) is 18.5 Å². The number of rotatable bonds is 6. The van der Waals surface area contributed by atoms with Gasteiger partial charge in [0.2, 0.25) is 5.91 Å². The molecule has 0 spiro atoms. The maximum absolute atomic E-state index is 12.9. The van der Waals surface area contributed by atoms with Crippen LogP contribution in [0.15, 0.2) is 71.1 Å². The lowest BCUT2D eigenvalue weighted by atomic mass is 10.1. The topological polar surface area (TPSA) is 73.3 Å². The molecule has 3 heterocycles. The van der Waals surface area contributed by atoms with Gasteiger partial charge in [-0.1, -0.05) is 31.2 Å². The highest BCUT2D eigenvalue weighted by atomic mass is 32.1. The van der Waals surface area contributed by atoms with Crippen LogP contribution in [-0.2, 0) is 17.9 Å². The molecule has 0 radical (unpaired) electrons. The maximum atomic E-state index is 12.9. The van der Waals surface area contributed by atoms with E-state index in [0.29, 0.717) is 12.2 Å². The molecule has 0 saturated carbocycles. The quantitative estimate of drug-likeness (QED) is 0.437. The number of aromatic nitrogens is 4. The second kappa shape index (κ2) is 7.88. The number of hydrogen-bond donors (Lipinski definition) is 1. The second-order valence-corrected chi connectivity index (χ2v) is 8.23. The molecule has 1 N–H and O–H groups in total. The van der Waals surface area contributed by atoms with Crippen LogP contribution < -0.4 is 11.0 Å². The molecule has 0 aliphatic carbocycles. The number of hydrogen-bond acceptors (Lipinski definition) is 4. The summed E-state index contributed by atoms with van der Waals surface area (Å²) in [6, 6.07) is 15.1. The van der Waals surface area contributed by atoms with Crippen LogP contribution in [0.1, 0.15) is 13.3 Å². The van der Waals surface area contributed by atoms with E-state index >= 15 is 0 Å². The molecule has 7 nitrogen and oxygen atoms in total. The van der Waals surface area contributed by atoms with Gasteiger partial charge in [-0.2, -0.15) is 0 Å². The Morgan fingerprint density at radius 1 is 1.06 bits per heavy atom. The minimum Gasteiger partial charge on any atom is -0.325 e. The normalized spacial score (nSPS) is 11.4. The number of nitrogens with zero attached hydrogens (tertiary/aromatic N) is 4. The molecule has 1 amide bonds. The van der Waals surface area contributed by atoms with Gasteiger partial charge in [0.15, 0.2) is 4.96 Å². The summed E-state index contributed by atoms with van der Waals surface area (Å²) in [6.45, 7) is 2.62. The first kappa shape index (κ1) is 19.3. The van der Waals surface area contributed by atoms with E-state index in [-0.39, 0.29) is 18.1 Å². The van der Waals surface area contributed by atoms with Crippen LogP contribution in [-0.4, -0.2) is 24.4 Å². The maximum Gasteiger partial charge on any atom is 0.329 e. The average Bonchev–Trinajstić information content (AvgIpc) is 3.44. The number of benzene rings is 2. The lowest BCUT2D eigenvalue weighted by Gasteiger charge is -2.07. The molecule has 5 rings (SSSR count). The van der Waals surface area contributed by atoms with Gasteiger partial charge in [0.1, 0.15) is 6.54 Å². The van der Waals surface area contributed by atoms with Crippen LogP contribution >= 0.6 is 11.3 Å². The summed E-state index contributed by atoms with van der Waals surface area (Å²) >= 11 is 1.59. The Hall–Kier alpha value is -3.65. The molecule has 5 aromatic rings. The van der Waals surface area contributed by atoms with Crippen molar-refractivity contribution in [3.63, 3.8) is 0 Å². The van der Waals surface area contributed by atoms with E-state index < -0.39 is 0 Å². The predicted octanol–water partition coefficient (Wildman–Crippen LogP) is 4.23. The number of thiazole rings is 1. The van der Waals surface area contributed by atoms with Gasteiger partial charge in [-0.05, 0) is 30.7 Å². The van der Waals surface area contributed by atoms with E-state index in [4.69, 9.17) is 0 Å². The smallest absolute Gasteiger partial charge is 0.325 e. The van der Waals surface area contributed by atoms with Crippen molar-refractivity contribution < 1.29 is 4.79 Å². The summed E-state index contributed by atoms with van der Waals surface area (Å²) in [6.07, 6.45) is 4.81. The van der Waals surface area contributed by atoms with Crippen LogP contribution in [0, 0.1) is 0 Å². The van der Waals surface area contributed by atoms with Crippen molar-refractivity contribution in [3.05, 3.63) is 76.8 Å². The third-order valence-electron chi connectivity index (χ3n) is 5.23. The Balaban J connectivity index is 1.34. The van der Waals surface area contributed by atoms with Gasteiger partial charge in [-0.15, -0.1) is 11.3 Å². The van der Waals surface area contributed by atoms with Crippen LogP contribution in [0.3, 0.4) is 0 Å². The first-order chi connectivity index (χ1) is 15.1. The van der Waals surface area contributed by atoms with Crippen LogP contribution in [0.25, 0.3) is 27.3 Å². The van der Waals surface area contributed by atoms with Gasteiger partial charge in [0.05, 0.1) is 16.7 Å². The number of nitrogens with one attached hydrogen (secondary N) is 1. The van der Waals surface area contributed by atoms with Gasteiger partial charge in [0.25, 0.3) is 0 Å². The second-order valence-electron chi connectivity index (χ2n) is 7.35. The highest BCUT2D eigenvalue weighted by Gasteiger charge is 2.15. The van der Waals surface area contributed by atoms with Gasteiger partial charge < -0.3 is 5.32 Å². The summed E-state index contributed by atoms with van der Waals surface area (Å²) in [5, 5.41) is 4.89. The molecule has 0 aliphatic heterocycles. The molecule has 0 aliphatic rings. The Morgan fingerprint density at radius 2 is 1.81 bits per heavy atom. The standard InChI is InChI=1S/C23H21N5O2S/c1-2-11-27-19-5-3-4-6-20(19)28(23(27)30)15-21(29)24-17-9-7-16(8-10-17)18-14-26-12-13-31-22(26)25-18/h3-10,12-14H,2,11,15H2,1H3,(H,24,29). The van der Waals surface area contributed by atoms with Crippen LogP contribution in [0.5, 0.6) is 0 Å². The largest absolute Gasteiger partial charge is 0.329 e. The fourth-order valence-electron chi connectivity index (χ4n) is 3.80. The number of carbonyl (C=O) groups excluding carboxylic acids is 1. The molecule has 156 valence electrons. The van der Waals surface area contributed by atoms with Crippen molar-refractivity contribution >= 4 is 38.9 Å². The first-order valence-electron chi connectivity index (χ1n) is 10.1. The lowest BCUT2D eigenvalue weighted by Crippen LogP contribution is -2.29. The van der Waals surface area contributed by atoms with Crippen molar-refractivity contribution in [3.8, 4) is 11.3 Å². The number of imidazole rings is 2. The molecule has 8 heteroatoms. The van der Waals surface area contributed by atoms with Crippen molar-refractivity contribution in [1.29, 1.82) is 0 Å². The lowest BCUT2D eigenvalue weighted by molar-refractivity contribution is -0.116. The van der Waals surface area contributed by atoms with Crippen molar-refractivity contribution in [2.75, 3.05) is 5.32 Å².